The van der Waals surface area contributed by atoms with Gasteiger partial charge in [-0.25, -0.2) is 0 Å². The van der Waals surface area contributed by atoms with Crippen LogP contribution in [0, 0.1) is 0 Å². The zero-order valence-corrected chi connectivity index (χ0v) is 20.1. The lowest BCUT2D eigenvalue weighted by atomic mass is 9.92. The third-order valence-corrected chi connectivity index (χ3v) is 6.98. The molecule has 5 rings (SSSR count). The van der Waals surface area contributed by atoms with Crippen LogP contribution in [0.5, 0.6) is 5.75 Å². The number of imide groups is 1. The van der Waals surface area contributed by atoms with Gasteiger partial charge in [-0.15, -0.1) is 0 Å². The van der Waals surface area contributed by atoms with Gasteiger partial charge in [0.2, 0.25) is 0 Å². The summed E-state index contributed by atoms with van der Waals surface area (Å²) in [7, 11) is 1.91. The van der Waals surface area contributed by atoms with Gasteiger partial charge < -0.3 is 20.1 Å². The molecule has 1 aromatic heterocycles. The minimum Gasteiger partial charge on any atom is -0.508 e. The lowest BCUT2D eigenvalue weighted by Crippen LogP contribution is -2.20. The van der Waals surface area contributed by atoms with E-state index < -0.39 is 11.8 Å². The topological polar surface area (TPSA) is 104 Å². The fourth-order valence-electron chi connectivity index (χ4n) is 5.07. The number of aromatic nitrogens is 1. The van der Waals surface area contributed by atoms with Crippen LogP contribution >= 0.6 is 11.6 Å². The highest BCUT2D eigenvalue weighted by Gasteiger charge is 2.35. The number of halogens is 1. The van der Waals surface area contributed by atoms with Gasteiger partial charge in [-0.05, 0) is 68.2 Å². The molecule has 35 heavy (non-hydrogen) atoms. The van der Waals surface area contributed by atoms with Crippen LogP contribution in [0.15, 0.2) is 42.5 Å². The Hall–Kier alpha value is -3.39. The van der Waals surface area contributed by atoms with Gasteiger partial charge in [-0.3, -0.25) is 14.9 Å². The first-order valence-corrected chi connectivity index (χ1v) is 12.0. The van der Waals surface area contributed by atoms with E-state index in [1.807, 2.05) is 35.9 Å². The number of phenols is 1. The van der Waals surface area contributed by atoms with E-state index >= 15 is 0 Å². The number of benzene rings is 3. The zero-order valence-electron chi connectivity index (χ0n) is 19.3. The van der Waals surface area contributed by atoms with E-state index in [2.05, 4.69) is 10.6 Å². The summed E-state index contributed by atoms with van der Waals surface area (Å²) in [6, 6.07) is 12.6. The first-order chi connectivity index (χ1) is 17.0. The molecule has 1 aliphatic rings. The van der Waals surface area contributed by atoms with E-state index in [0.717, 1.165) is 30.5 Å². The molecule has 180 valence electrons. The Kier molecular flexibility index (Phi) is 6.23. The fourth-order valence-corrected chi connectivity index (χ4v) is 5.31. The van der Waals surface area contributed by atoms with Gasteiger partial charge in [0.15, 0.2) is 0 Å². The lowest BCUT2D eigenvalue weighted by molar-refractivity contribution is 0.0880. The van der Waals surface area contributed by atoms with Crippen molar-refractivity contribution in [2.24, 2.45) is 0 Å². The quantitative estimate of drug-likeness (QED) is 0.218. The number of phenolic OH excluding ortho intramolecular Hbond substituents is 1. The highest BCUT2D eigenvalue weighted by Crippen LogP contribution is 2.43. The molecule has 0 fully saturated rings. The van der Waals surface area contributed by atoms with Crippen molar-refractivity contribution in [2.45, 2.75) is 25.8 Å². The van der Waals surface area contributed by atoms with Gasteiger partial charge in [-0.2, -0.15) is 0 Å². The summed E-state index contributed by atoms with van der Waals surface area (Å²) >= 11 is 6.49. The van der Waals surface area contributed by atoms with Gasteiger partial charge in [0.05, 0.1) is 23.3 Å². The Morgan fingerprint density at radius 1 is 1.00 bits per heavy atom. The predicted molar refractivity (Wildman–Crippen MR) is 137 cm³/mol. The highest BCUT2D eigenvalue weighted by atomic mass is 35.5. The summed E-state index contributed by atoms with van der Waals surface area (Å²) in [5.41, 5.74) is 4.03. The third-order valence-electron chi connectivity index (χ3n) is 6.65. The number of nitrogens with zero attached hydrogens (tertiary/aromatic N) is 1. The van der Waals surface area contributed by atoms with Gasteiger partial charge in [0, 0.05) is 33.4 Å². The Morgan fingerprint density at radius 2 is 1.77 bits per heavy atom. The van der Waals surface area contributed by atoms with Crippen molar-refractivity contribution in [2.75, 3.05) is 20.2 Å². The molecule has 0 radical (unpaired) electrons. The van der Waals surface area contributed by atoms with Crippen LogP contribution in [0.1, 0.15) is 39.1 Å². The second-order valence-corrected chi connectivity index (χ2v) is 9.17. The average molecular weight is 492 g/mol. The van der Waals surface area contributed by atoms with E-state index in [1.54, 1.807) is 18.2 Å². The number of rotatable bonds is 8. The number of amides is 2. The second kappa shape index (κ2) is 9.34. The number of carbonyl (C=O) groups is 2. The van der Waals surface area contributed by atoms with Crippen molar-refractivity contribution < 1.29 is 19.8 Å². The van der Waals surface area contributed by atoms with E-state index in [4.69, 9.17) is 11.6 Å². The van der Waals surface area contributed by atoms with Crippen molar-refractivity contribution >= 4 is 45.2 Å². The van der Waals surface area contributed by atoms with Crippen LogP contribution in [0.4, 0.5) is 0 Å². The Morgan fingerprint density at radius 3 is 2.51 bits per heavy atom. The molecule has 4 aromatic rings. The standard InChI is InChI=1S/C27H26ClN3O4/c1-29-9-5-4-6-15-12-20-18(14-22(15)33)23-21(31(20)10-11-32)13-17(16-7-2-3-8-19(16)28)24-25(23)27(35)30-26(24)34/h2-3,7-8,12-14,29,32-33H,4-6,9-11H2,1H3,(H,30,34,35). The molecule has 2 heterocycles. The predicted octanol–water partition coefficient (Wildman–Crippen LogP) is 4.24. The van der Waals surface area contributed by atoms with Crippen LogP contribution in [0.3, 0.4) is 0 Å². The van der Waals surface area contributed by atoms with Crippen molar-refractivity contribution in [3.05, 3.63) is 64.2 Å². The van der Waals surface area contributed by atoms with Crippen LogP contribution in [0.25, 0.3) is 32.9 Å². The highest BCUT2D eigenvalue weighted by molar-refractivity contribution is 6.36. The summed E-state index contributed by atoms with van der Waals surface area (Å²) in [6.07, 6.45) is 2.58. The molecule has 1 aliphatic heterocycles. The smallest absolute Gasteiger partial charge is 0.259 e. The molecular weight excluding hydrogens is 466 g/mol. The number of hydrogen-bond donors (Lipinski definition) is 4. The number of aliphatic hydroxyl groups is 1. The lowest BCUT2D eigenvalue weighted by Gasteiger charge is -2.12. The van der Waals surface area contributed by atoms with E-state index in [1.165, 1.54) is 0 Å². The largest absolute Gasteiger partial charge is 0.508 e. The fraction of sp³-hybridized carbons (Fsp3) is 0.259. The van der Waals surface area contributed by atoms with E-state index in [9.17, 15) is 19.8 Å². The number of aromatic hydroxyl groups is 1. The molecule has 2 amide bonds. The Labute approximate surface area is 207 Å². The number of hydrogen-bond acceptors (Lipinski definition) is 5. The van der Waals surface area contributed by atoms with Gasteiger partial charge in [0.1, 0.15) is 5.75 Å². The minimum absolute atomic E-state index is 0.110. The molecule has 0 aliphatic carbocycles. The summed E-state index contributed by atoms with van der Waals surface area (Å²) in [6.45, 7) is 1.08. The summed E-state index contributed by atoms with van der Waals surface area (Å²) in [4.78, 5) is 25.9. The summed E-state index contributed by atoms with van der Waals surface area (Å²) in [5, 5.41) is 28.0. The molecule has 0 spiro atoms. The number of nitrogens with one attached hydrogen (secondary N) is 2. The number of aliphatic hydroxyl groups excluding tert-OH is 1. The normalized spacial score (nSPS) is 13.1. The molecule has 4 N–H and O–H groups in total. The SMILES string of the molecule is CNCCCCc1cc2c(cc1O)c1c3c(c(-c4ccccc4Cl)cc1n2CCO)C(=O)NC3=O. The van der Waals surface area contributed by atoms with Gasteiger partial charge in [-0.1, -0.05) is 29.8 Å². The zero-order chi connectivity index (χ0) is 24.7. The molecule has 0 atom stereocenters. The molecule has 8 heteroatoms. The Bertz CT molecular complexity index is 1490. The van der Waals surface area contributed by atoms with Crippen molar-refractivity contribution in [1.29, 1.82) is 0 Å². The van der Waals surface area contributed by atoms with Crippen LogP contribution in [-0.2, 0) is 13.0 Å². The molecule has 7 nitrogen and oxygen atoms in total. The van der Waals surface area contributed by atoms with Crippen molar-refractivity contribution in [1.82, 2.24) is 15.2 Å². The first-order valence-electron chi connectivity index (χ1n) is 11.7. The van der Waals surface area contributed by atoms with E-state index in [-0.39, 0.29) is 23.5 Å². The number of aryl methyl sites for hydroxylation is 1. The molecule has 0 saturated carbocycles. The minimum atomic E-state index is -0.484. The third kappa shape index (κ3) is 3.86. The Balaban J connectivity index is 1.83. The summed E-state index contributed by atoms with van der Waals surface area (Å²) in [5.74, 6) is -0.809. The maximum absolute atomic E-state index is 13.0. The molecular formula is C27H26ClN3O4. The maximum Gasteiger partial charge on any atom is 0.259 e. The van der Waals surface area contributed by atoms with E-state index in [0.29, 0.717) is 45.4 Å². The van der Waals surface area contributed by atoms with Gasteiger partial charge >= 0.3 is 0 Å². The van der Waals surface area contributed by atoms with Crippen molar-refractivity contribution in [3.8, 4) is 16.9 Å². The molecule has 0 unspecified atom stereocenters. The monoisotopic (exact) mass is 491 g/mol. The van der Waals surface area contributed by atoms with Crippen molar-refractivity contribution in [3.63, 3.8) is 0 Å². The van der Waals surface area contributed by atoms with Crippen LogP contribution in [0.2, 0.25) is 5.02 Å². The first kappa shape index (κ1) is 23.4. The maximum atomic E-state index is 13.0. The van der Waals surface area contributed by atoms with Gasteiger partial charge in [0.25, 0.3) is 11.8 Å². The van der Waals surface area contributed by atoms with Crippen LogP contribution < -0.4 is 10.6 Å². The summed E-state index contributed by atoms with van der Waals surface area (Å²) < 4.78 is 1.94. The van der Waals surface area contributed by atoms with Crippen LogP contribution in [-0.4, -0.2) is 46.8 Å². The number of carbonyl (C=O) groups excluding carboxylic acids is 2. The second-order valence-electron chi connectivity index (χ2n) is 8.77. The molecule has 0 bridgehead atoms. The number of fused-ring (bicyclic) bond motifs is 5. The average Bonchev–Trinajstić information content (AvgIpc) is 3.30. The molecule has 3 aromatic carbocycles. The number of unbranched alkanes of at least 4 members (excludes halogenated alkanes) is 1. The molecule has 0 saturated heterocycles.